The van der Waals surface area contributed by atoms with Crippen LogP contribution in [0.5, 0.6) is 0 Å². The molecule has 1 amide bonds. The van der Waals surface area contributed by atoms with Gasteiger partial charge in [0.25, 0.3) is 5.91 Å². The SMILES string of the molecule is CC1CC(NC(=O)c2cc(F)cnc2Cl)C1. The average Bonchev–Trinajstić information content (AvgIpc) is 2.19. The molecular weight excluding hydrogens is 231 g/mol. The van der Waals surface area contributed by atoms with Crippen LogP contribution in [0.4, 0.5) is 4.39 Å². The Morgan fingerprint density at radius 2 is 2.31 bits per heavy atom. The first kappa shape index (κ1) is 11.3. The van der Waals surface area contributed by atoms with Crippen molar-refractivity contribution in [2.24, 2.45) is 5.92 Å². The van der Waals surface area contributed by atoms with E-state index in [4.69, 9.17) is 11.6 Å². The average molecular weight is 243 g/mol. The number of carbonyl (C=O) groups is 1. The van der Waals surface area contributed by atoms with Crippen molar-refractivity contribution in [1.82, 2.24) is 10.3 Å². The van der Waals surface area contributed by atoms with E-state index >= 15 is 0 Å². The zero-order valence-electron chi connectivity index (χ0n) is 8.84. The van der Waals surface area contributed by atoms with E-state index in [1.54, 1.807) is 0 Å². The third-order valence-corrected chi connectivity index (χ3v) is 3.06. The van der Waals surface area contributed by atoms with Gasteiger partial charge in [0.2, 0.25) is 0 Å². The molecule has 0 unspecified atom stereocenters. The number of pyridine rings is 1. The molecule has 0 saturated heterocycles. The van der Waals surface area contributed by atoms with Crippen LogP contribution in [0, 0.1) is 11.7 Å². The van der Waals surface area contributed by atoms with Crippen molar-refractivity contribution in [3.8, 4) is 0 Å². The van der Waals surface area contributed by atoms with Crippen LogP contribution in [0.3, 0.4) is 0 Å². The number of carbonyl (C=O) groups excluding carboxylic acids is 1. The Morgan fingerprint density at radius 3 is 2.94 bits per heavy atom. The minimum atomic E-state index is -0.559. The first-order valence-corrected chi connectivity index (χ1v) is 5.56. The maximum atomic E-state index is 12.9. The normalized spacial score (nSPS) is 23.7. The molecule has 3 nitrogen and oxygen atoms in total. The largest absolute Gasteiger partial charge is 0.349 e. The number of hydrogen-bond donors (Lipinski definition) is 1. The summed E-state index contributed by atoms with van der Waals surface area (Å²) in [7, 11) is 0. The van der Waals surface area contributed by atoms with E-state index in [0.29, 0.717) is 5.92 Å². The van der Waals surface area contributed by atoms with Gasteiger partial charge in [-0.25, -0.2) is 9.37 Å². The van der Waals surface area contributed by atoms with E-state index < -0.39 is 5.82 Å². The van der Waals surface area contributed by atoms with Crippen LogP contribution in [0.1, 0.15) is 30.1 Å². The summed E-state index contributed by atoms with van der Waals surface area (Å²) in [5.74, 6) is -0.267. The minimum Gasteiger partial charge on any atom is -0.349 e. The Kier molecular flexibility index (Phi) is 3.10. The predicted octanol–water partition coefficient (Wildman–Crippen LogP) is 2.40. The van der Waals surface area contributed by atoms with E-state index in [1.165, 1.54) is 0 Å². The van der Waals surface area contributed by atoms with Gasteiger partial charge in [-0.2, -0.15) is 0 Å². The minimum absolute atomic E-state index is 0.0336. The van der Waals surface area contributed by atoms with Gasteiger partial charge in [-0.05, 0) is 24.8 Å². The molecule has 1 heterocycles. The van der Waals surface area contributed by atoms with E-state index in [-0.39, 0.29) is 22.7 Å². The van der Waals surface area contributed by atoms with Gasteiger partial charge in [-0.15, -0.1) is 0 Å². The highest BCUT2D eigenvalue weighted by atomic mass is 35.5. The molecule has 1 aromatic rings. The third kappa shape index (κ3) is 2.32. The van der Waals surface area contributed by atoms with Gasteiger partial charge in [0.1, 0.15) is 11.0 Å². The Morgan fingerprint density at radius 1 is 1.62 bits per heavy atom. The second kappa shape index (κ2) is 4.37. The van der Waals surface area contributed by atoms with Crippen molar-refractivity contribution in [1.29, 1.82) is 0 Å². The monoisotopic (exact) mass is 242 g/mol. The number of aromatic nitrogens is 1. The molecule has 0 aromatic carbocycles. The molecule has 0 radical (unpaired) electrons. The van der Waals surface area contributed by atoms with E-state index in [9.17, 15) is 9.18 Å². The molecule has 5 heteroatoms. The molecule has 86 valence electrons. The Bertz CT molecular complexity index is 418. The molecule has 0 spiro atoms. The summed E-state index contributed by atoms with van der Waals surface area (Å²) in [5, 5.41) is 2.83. The third-order valence-electron chi connectivity index (χ3n) is 2.76. The summed E-state index contributed by atoms with van der Waals surface area (Å²) in [4.78, 5) is 15.3. The molecule has 16 heavy (non-hydrogen) atoms. The summed E-state index contributed by atoms with van der Waals surface area (Å²) >= 11 is 5.73. The van der Waals surface area contributed by atoms with Crippen LogP contribution < -0.4 is 5.32 Å². The zero-order valence-corrected chi connectivity index (χ0v) is 9.59. The second-order valence-electron chi connectivity index (χ2n) is 4.24. The number of amides is 1. The first-order valence-electron chi connectivity index (χ1n) is 5.18. The zero-order chi connectivity index (χ0) is 11.7. The van der Waals surface area contributed by atoms with Gasteiger partial charge >= 0.3 is 0 Å². The van der Waals surface area contributed by atoms with E-state index in [2.05, 4.69) is 17.2 Å². The van der Waals surface area contributed by atoms with E-state index in [0.717, 1.165) is 25.1 Å². The standard InChI is InChI=1S/C11H12ClFN2O/c1-6-2-8(3-6)15-11(16)9-4-7(13)5-14-10(9)12/h4-6,8H,2-3H2,1H3,(H,15,16). The fraction of sp³-hybridized carbons (Fsp3) is 0.455. The second-order valence-corrected chi connectivity index (χ2v) is 4.60. The quantitative estimate of drug-likeness (QED) is 0.810. The fourth-order valence-electron chi connectivity index (χ4n) is 1.87. The lowest BCUT2D eigenvalue weighted by Gasteiger charge is -2.33. The Hall–Kier alpha value is -1.16. The summed E-state index contributed by atoms with van der Waals surface area (Å²) in [6.07, 6.45) is 2.92. The molecule has 0 atom stereocenters. The van der Waals surface area contributed by atoms with Crippen molar-refractivity contribution in [3.05, 3.63) is 28.8 Å². The molecule has 1 saturated carbocycles. The van der Waals surface area contributed by atoms with Gasteiger partial charge in [0.15, 0.2) is 0 Å². The van der Waals surface area contributed by atoms with Crippen LogP contribution in [0.25, 0.3) is 0 Å². The lowest BCUT2D eigenvalue weighted by atomic mass is 9.82. The number of halogens is 2. The van der Waals surface area contributed by atoms with Crippen LogP contribution in [-0.4, -0.2) is 16.9 Å². The molecule has 0 bridgehead atoms. The smallest absolute Gasteiger partial charge is 0.254 e. The topological polar surface area (TPSA) is 42.0 Å². The molecule has 1 aromatic heterocycles. The lowest BCUT2D eigenvalue weighted by molar-refractivity contribution is 0.0895. The summed E-state index contributed by atoms with van der Waals surface area (Å²) < 4.78 is 12.9. The number of rotatable bonds is 2. The molecule has 1 N–H and O–H groups in total. The van der Waals surface area contributed by atoms with Crippen molar-refractivity contribution in [3.63, 3.8) is 0 Å². The Labute approximate surface area is 98.0 Å². The first-order chi connectivity index (χ1) is 7.56. The lowest BCUT2D eigenvalue weighted by Crippen LogP contribution is -2.43. The summed E-state index contributed by atoms with van der Waals surface area (Å²) in [6, 6.07) is 1.29. The highest BCUT2D eigenvalue weighted by Gasteiger charge is 2.27. The van der Waals surface area contributed by atoms with Crippen molar-refractivity contribution < 1.29 is 9.18 Å². The van der Waals surface area contributed by atoms with Gasteiger partial charge in [-0.3, -0.25) is 4.79 Å². The van der Waals surface area contributed by atoms with Gasteiger partial charge in [0.05, 0.1) is 11.8 Å². The number of nitrogens with one attached hydrogen (secondary N) is 1. The highest BCUT2D eigenvalue weighted by Crippen LogP contribution is 2.26. The maximum Gasteiger partial charge on any atom is 0.254 e. The van der Waals surface area contributed by atoms with E-state index in [1.807, 2.05) is 0 Å². The predicted molar refractivity (Wildman–Crippen MR) is 58.9 cm³/mol. The summed E-state index contributed by atoms with van der Waals surface area (Å²) in [6.45, 7) is 2.12. The van der Waals surface area contributed by atoms with Crippen LogP contribution in [0.2, 0.25) is 5.15 Å². The van der Waals surface area contributed by atoms with Crippen molar-refractivity contribution in [2.45, 2.75) is 25.8 Å². The molecule has 1 fully saturated rings. The molecule has 1 aliphatic rings. The molecular formula is C11H12ClFN2O. The fourth-order valence-corrected chi connectivity index (χ4v) is 2.05. The molecule has 0 aliphatic heterocycles. The van der Waals surface area contributed by atoms with Crippen LogP contribution >= 0.6 is 11.6 Å². The van der Waals surface area contributed by atoms with Gasteiger partial charge in [0, 0.05) is 6.04 Å². The number of nitrogens with zero attached hydrogens (tertiary/aromatic N) is 1. The number of hydrogen-bond acceptors (Lipinski definition) is 2. The molecule has 1 aliphatic carbocycles. The van der Waals surface area contributed by atoms with Crippen LogP contribution in [-0.2, 0) is 0 Å². The van der Waals surface area contributed by atoms with Crippen molar-refractivity contribution in [2.75, 3.05) is 0 Å². The van der Waals surface area contributed by atoms with Crippen LogP contribution in [0.15, 0.2) is 12.3 Å². The summed E-state index contributed by atoms with van der Waals surface area (Å²) in [5.41, 5.74) is 0.0984. The van der Waals surface area contributed by atoms with Gasteiger partial charge < -0.3 is 5.32 Å². The Balaban J connectivity index is 2.05. The van der Waals surface area contributed by atoms with Crippen molar-refractivity contribution >= 4 is 17.5 Å². The maximum absolute atomic E-state index is 12.9. The molecule has 2 rings (SSSR count). The highest BCUT2D eigenvalue weighted by molar-refractivity contribution is 6.32. The van der Waals surface area contributed by atoms with Gasteiger partial charge in [-0.1, -0.05) is 18.5 Å².